The number of carbonyl (C=O) groups is 2. The molecule has 2 aromatic rings. The molecule has 8 nitrogen and oxygen atoms in total. The van der Waals surface area contributed by atoms with E-state index in [-0.39, 0.29) is 39.1 Å². The molecule has 0 aliphatic carbocycles. The molecule has 3 aliphatic rings. The molecule has 13 heteroatoms. The van der Waals surface area contributed by atoms with E-state index in [1.54, 1.807) is 38.6 Å². The Bertz CT molecular complexity index is 1440. The van der Waals surface area contributed by atoms with Gasteiger partial charge < -0.3 is 14.2 Å². The molecule has 3 aliphatic heterocycles. The van der Waals surface area contributed by atoms with Gasteiger partial charge in [0.05, 0.1) is 28.2 Å². The van der Waals surface area contributed by atoms with Crippen LogP contribution in [0.2, 0.25) is 0 Å². The first-order chi connectivity index (χ1) is 17.8. The number of aryl methyl sites for hydroxylation is 1. The maximum Gasteiger partial charge on any atom is 0.339 e. The summed E-state index contributed by atoms with van der Waals surface area (Å²) in [4.78, 5) is 26.6. The molecule has 204 valence electrons. The molecule has 0 radical (unpaired) electrons. The minimum atomic E-state index is -4.44. The summed E-state index contributed by atoms with van der Waals surface area (Å²) in [6.07, 6.45) is -0.861. The first-order valence-electron chi connectivity index (χ1n) is 11.7. The lowest BCUT2D eigenvalue weighted by Crippen LogP contribution is -2.48. The highest BCUT2D eigenvalue weighted by molar-refractivity contribution is 14.1. The van der Waals surface area contributed by atoms with Crippen molar-refractivity contribution in [1.29, 1.82) is 0 Å². The van der Waals surface area contributed by atoms with Crippen LogP contribution in [0, 0.1) is 29.5 Å². The molecular weight excluding hydrogens is 873 g/mol. The second-order valence-corrected chi connectivity index (χ2v) is 16.1. The smallest absolute Gasteiger partial charge is 0.339 e. The van der Waals surface area contributed by atoms with Crippen molar-refractivity contribution in [2.24, 2.45) is 11.8 Å². The first-order valence-corrected chi connectivity index (χ1v) is 17.4. The van der Waals surface area contributed by atoms with Gasteiger partial charge >= 0.3 is 11.9 Å². The summed E-state index contributed by atoms with van der Waals surface area (Å²) in [5.41, 5.74) is 1.26. The lowest BCUT2D eigenvalue weighted by Gasteiger charge is -2.30. The van der Waals surface area contributed by atoms with Crippen LogP contribution in [0.4, 0.5) is 0 Å². The van der Waals surface area contributed by atoms with Crippen LogP contribution in [-0.4, -0.2) is 54.2 Å². The van der Waals surface area contributed by atoms with Crippen LogP contribution in [0.1, 0.15) is 41.3 Å². The Morgan fingerprint density at radius 3 is 2.50 bits per heavy atom. The van der Waals surface area contributed by atoms with E-state index in [0.29, 0.717) is 23.3 Å². The third-order valence-corrected chi connectivity index (χ3v) is 13.5. The highest BCUT2D eigenvalue weighted by Crippen LogP contribution is 2.59. The maximum atomic E-state index is 13.5. The predicted molar refractivity (Wildman–Crippen MR) is 166 cm³/mol. The van der Waals surface area contributed by atoms with Crippen LogP contribution in [-0.2, 0) is 24.4 Å². The zero-order chi connectivity index (χ0) is 27.7. The minimum absolute atomic E-state index is 0.0275. The fourth-order valence-corrected chi connectivity index (χ4v) is 10.7. The highest BCUT2D eigenvalue weighted by atomic mass is 127. The normalized spacial score (nSPS) is 27.7. The van der Waals surface area contributed by atoms with Crippen LogP contribution in [0.5, 0.6) is 5.75 Å². The average Bonchev–Trinajstić information content (AvgIpc) is 3.45. The van der Waals surface area contributed by atoms with Gasteiger partial charge in [-0.05, 0) is 116 Å². The Kier molecular flexibility index (Phi) is 8.39. The van der Waals surface area contributed by atoms with E-state index in [0.717, 1.165) is 10.7 Å². The molecule has 0 saturated carbocycles. The van der Waals surface area contributed by atoms with Crippen LogP contribution in [0.15, 0.2) is 29.2 Å². The Balaban J connectivity index is 1.40. The molecule has 38 heavy (non-hydrogen) atoms. The molecule has 0 spiro atoms. The second kappa shape index (κ2) is 10.9. The van der Waals surface area contributed by atoms with Crippen molar-refractivity contribution in [1.82, 2.24) is 0 Å². The molecular formula is C25H23I3O8S2. The number of ether oxygens (including phenoxy) is 3. The topological polar surface area (TPSA) is 116 Å². The van der Waals surface area contributed by atoms with Gasteiger partial charge in [0.15, 0.2) is 0 Å². The van der Waals surface area contributed by atoms with Gasteiger partial charge in [-0.15, -0.1) is 11.8 Å². The van der Waals surface area contributed by atoms with Crippen molar-refractivity contribution in [3.8, 4) is 5.75 Å². The Morgan fingerprint density at radius 1 is 1.13 bits per heavy atom. The van der Waals surface area contributed by atoms with Crippen molar-refractivity contribution in [2.75, 3.05) is 6.61 Å². The van der Waals surface area contributed by atoms with E-state index in [4.69, 9.17) is 14.2 Å². The monoisotopic (exact) mass is 896 g/mol. The molecule has 3 saturated heterocycles. The van der Waals surface area contributed by atoms with Gasteiger partial charge in [0.1, 0.15) is 18.0 Å². The van der Waals surface area contributed by atoms with Gasteiger partial charge in [0.25, 0.3) is 10.1 Å². The lowest BCUT2D eigenvalue weighted by atomic mass is 9.79. The van der Waals surface area contributed by atoms with Crippen molar-refractivity contribution in [2.45, 2.75) is 54.3 Å². The molecule has 0 amide bonds. The lowest BCUT2D eigenvalue weighted by molar-refractivity contribution is -0.142. The number of rotatable bonds is 6. The summed E-state index contributed by atoms with van der Waals surface area (Å²) in [5, 5.41) is -0.282. The van der Waals surface area contributed by atoms with Crippen molar-refractivity contribution >= 4 is 102 Å². The summed E-state index contributed by atoms with van der Waals surface area (Å²) in [7, 11) is -4.44. The number of carbonyl (C=O) groups excluding carboxylic acids is 2. The maximum absolute atomic E-state index is 13.5. The van der Waals surface area contributed by atoms with Gasteiger partial charge in [0, 0.05) is 21.9 Å². The first kappa shape index (κ1) is 29.3. The summed E-state index contributed by atoms with van der Waals surface area (Å²) in [6, 6.07) is 6.61. The third-order valence-electron chi connectivity index (χ3n) is 7.15. The number of halogens is 3. The summed E-state index contributed by atoms with van der Waals surface area (Å²) in [6.45, 7) is 5.59. The number of esters is 2. The largest absolute Gasteiger partial charge is 0.455 e. The van der Waals surface area contributed by atoms with Crippen molar-refractivity contribution in [3.05, 3.63) is 51.7 Å². The third kappa shape index (κ3) is 5.26. The second-order valence-electron chi connectivity index (χ2n) is 9.88. The van der Waals surface area contributed by atoms with Crippen LogP contribution >= 0.6 is 79.5 Å². The van der Waals surface area contributed by atoms with Crippen LogP contribution in [0.25, 0.3) is 0 Å². The highest BCUT2D eigenvalue weighted by Gasteiger charge is 2.67. The van der Waals surface area contributed by atoms with Gasteiger partial charge in [-0.25, -0.2) is 4.79 Å². The molecule has 5 rings (SSSR count). The zero-order valence-electron chi connectivity index (χ0n) is 20.3. The molecule has 2 aromatic carbocycles. The van der Waals surface area contributed by atoms with E-state index in [9.17, 15) is 22.6 Å². The van der Waals surface area contributed by atoms with E-state index in [1.165, 1.54) is 12.1 Å². The zero-order valence-corrected chi connectivity index (χ0v) is 28.4. The predicted octanol–water partition coefficient (Wildman–Crippen LogP) is 5.44. The van der Waals surface area contributed by atoms with E-state index in [1.807, 2.05) is 6.07 Å². The molecule has 1 N–H and O–H groups in total. The number of hydrogen-bond donors (Lipinski definition) is 1. The number of hydrogen-bond acceptors (Lipinski definition) is 8. The Hall–Kier alpha value is -0.210. The van der Waals surface area contributed by atoms with E-state index >= 15 is 0 Å². The summed E-state index contributed by atoms with van der Waals surface area (Å²) in [5.74, 6) is -1.50. The number of fused-ring (bicyclic) bond motifs is 1. The minimum Gasteiger partial charge on any atom is -0.455 e. The fraction of sp³-hybridized carbons (Fsp3) is 0.440. The molecule has 6 atom stereocenters. The Morgan fingerprint density at radius 2 is 1.84 bits per heavy atom. The van der Waals surface area contributed by atoms with Gasteiger partial charge in [-0.3, -0.25) is 9.35 Å². The SMILES string of the molecule is Cc1cc(S(=O)(=O)O)c(C(C)C)cc1OC(=O)C1C2COC3C(OC(=O)c4cc(I)cc(I)c4I)C1SC23. The van der Waals surface area contributed by atoms with Gasteiger partial charge in [-0.1, -0.05) is 13.8 Å². The fourth-order valence-electron chi connectivity index (χ4n) is 5.38. The Labute approximate surface area is 265 Å². The van der Waals surface area contributed by atoms with Crippen LogP contribution < -0.4 is 4.74 Å². The number of thioether (sulfide) groups is 1. The van der Waals surface area contributed by atoms with Gasteiger partial charge in [0.2, 0.25) is 0 Å². The van der Waals surface area contributed by atoms with Crippen molar-refractivity contribution in [3.63, 3.8) is 0 Å². The average molecular weight is 896 g/mol. The molecule has 3 heterocycles. The van der Waals surface area contributed by atoms with Crippen LogP contribution in [0.3, 0.4) is 0 Å². The standard InChI is InChI=1S/C25H23I3O8S2/c1-9(2)12-7-16(10(3)4-17(12)38(31,32)33)35-25(30)18-14-8-34-20-21(23(18)37-22(14)20)36-24(29)13-5-11(26)6-15(27)19(13)28/h4-7,9,14,18,20-23H,8H2,1-3H3,(H,31,32,33). The summed E-state index contributed by atoms with van der Waals surface area (Å²) < 4.78 is 54.0. The quantitative estimate of drug-likeness (QED) is 0.133. The molecule has 2 bridgehead atoms. The number of benzene rings is 2. The molecule has 6 unspecified atom stereocenters. The van der Waals surface area contributed by atoms with E-state index < -0.39 is 34.1 Å². The molecule has 0 aromatic heterocycles. The van der Waals surface area contributed by atoms with Crippen molar-refractivity contribution < 1.29 is 36.8 Å². The molecule has 3 fully saturated rings. The summed E-state index contributed by atoms with van der Waals surface area (Å²) >= 11 is 8.11. The van der Waals surface area contributed by atoms with E-state index in [2.05, 4.69) is 67.8 Å². The van der Waals surface area contributed by atoms with Gasteiger partial charge in [-0.2, -0.15) is 8.42 Å².